The van der Waals surface area contributed by atoms with E-state index in [4.69, 9.17) is 0 Å². The zero-order valence-electron chi connectivity index (χ0n) is 5.82. The monoisotopic (exact) mass is 155 g/mol. The number of hydrogen-bond acceptors (Lipinski definition) is 1. The van der Waals surface area contributed by atoms with Gasteiger partial charge in [-0.25, -0.2) is 8.78 Å². The maximum Gasteiger partial charge on any atom is 0.239 e. The van der Waals surface area contributed by atoms with E-state index in [1.807, 2.05) is 0 Å². The van der Waals surface area contributed by atoms with Crippen molar-refractivity contribution in [1.82, 2.24) is 0 Å². The van der Waals surface area contributed by atoms with Gasteiger partial charge in [-0.15, -0.1) is 0 Å². The Morgan fingerprint density at radius 1 is 1.36 bits per heavy atom. The van der Waals surface area contributed by atoms with Gasteiger partial charge in [-0.3, -0.25) is 4.79 Å². The molecule has 0 heterocycles. The van der Waals surface area contributed by atoms with E-state index in [0.717, 1.165) is 6.07 Å². The van der Waals surface area contributed by atoms with Crippen LogP contribution in [0, 0.1) is 18.6 Å². The van der Waals surface area contributed by atoms with Gasteiger partial charge in [0.2, 0.25) is 6.29 Å². The first-order valence-corrected chi connectivity index (χ1v) is 2.99. The van der Waals surface area contributed by atoms with Crippen LogP contribution in [0.2, 0.25) is 0 Å². The molecule has 0 bridgehead atoms. The lowest BCUT2D eigenvalue weighted by Gasteiger charge is -1.98. The normalized spacial score (nSPS) is 9.73. The lowest BCUT2D eigenvalue weighted by molar-refractivity contribution is 0.540. The number of carbonyl (C=O) groups excluding carboxylic acids is 1. The standard InChI is InChI=1S/C8H5F2O/c1-5-2-3-7(9)6(4-11)8(5)10/h2-3H,1H3. The molecule has 11 heavy (non-hydrogen) atoms. The molecule has 1 nitrogen and oxygen atoms in total. The minimum Gasteiger partial charge on any atom is -0.285 e. The van der Waals surface area contributed by atoms with E-state index in [1.54, 1.807) is 0 Å². The van der Waals surface area contributed by atoms with Gasteiger partial charge in [0.05, 0.1) is 5.56 Å². The molecule has 0 atom stereocenters. The summed E-state index contributed by atoms with van der Waals surface area (Å²) in [6.07, 6.45) is 1.20. The summed E-state index contributed by atoms with van der Waals surface area (Å²) < 4.78 is 25.3. The minimum absolute atomic E-state index is 0.241. The fraction of sp³-hybridized carbons (Fsp3) is 0.125. The van der Waals surface area contributed by atoms with E-state index < -0.39 is 17.2 Å². The van der Waals surface area contributed by atoms with Crippen molar-refractivity contribution in [3.63, 3.8) is 0 Å². The molecule has 0 aromatic heterocycles. The number of hydrogen-bond donors (Lipinski definition) is 0. The van der Waals surface area contributed by atoms with Crippen molar-refractivity contribution in [3.05, 3.63) is 34.9 Å². The average molecular weight is 155 g/mol. The van der Waals surface area contributed by atoms with Crippen molar-refractivity contribution in [1.29, 1.82) is 0 Å². The Balaban J connectivity index is 3.40. The molecule has 1 rings (SSSR count). The Morgan fingerprint density at radius 2 is 2.00 bits per heavy atom. The highest BCUT2D eigenvalue weighted by Crippen LogP contribution is 2.13. The first-order valence-electron chi connectivity index (χ1n) is 2.99. The number of benzene rings is 1. The van der Waals surface area contributed by atoms with Gasteiger partial charge < -0.3 is 0 Å². The number of aryl methyl sites for hydroxylation is 1. The maximum absolute atomic E-state index is 12.8. The van der Waals surface area contributed by atoms with Crippen LogP contribution in [-0.4, -0.2) is 6.29 Å². The van der Waals surface area contributed by atoms with Crippen molar-refractivity contribution < 1.29 is 13.6 Å². The highest BCUT2D eigenvalue weighted by Gasteiger charge is 2.10. The first-order chi connectivity index (χ1) is 5.16. The molecule has 57 valence electrons. The van der Waals surface area contributed by atoms with Crippen molar-refractivity contribution >= 4 is 6.29 Å². The number of rotatable bonds is 1. The van der Waals surface area contributed by atoms with Crippen molar-refractivity contribution in [2.45, 2.75) is 6.92 Å². The minimum atomic E-state index is -0.872. The molecule has 0 amide bonds. The zero-order valence-corrected chi connectivity index (χ0v) is 5.82. The van der Waals surface area contributed by atoms with Crippen LogP contribution in [0.4, 0.5) is 8.78 Å². The molecule has 0 aliphatic carbocycles. The summed E-state index contributed by atoms with van der Waals surface area (Å²) in [5.74, 6) is -1.71. The molecule has 3 heteroatoms. The molecule has 0 aliphatic heterocycles. The van der Waals surface area contributed by atoms with Gasteiger partial charge in [0.25, 0.3) is 0 Å². The van der Waals surface area contributed by atoms with Crippen LogP contribution in [0.3, 0.4) is 0 Å². The molecule has 0 saturated heterocycles. The van der Waals surface area contributed by atoms with Crippen LogP contribution in [0.15, 0.2) is 12.1 Å². The summed E-state index contributed by atoms with van der Waals surface area (Å²) in [7, 11) is 0. The summed E-state index contributed by atoms with van der Waals surface area (Å²) in [4.78, 5) is 10.00. The third-order valence-electron chi connectivity index (χ3n) is 1.39. The predicted octanol–water partition coefficient (Wildman–Crippen LogP) is 1.73. The molecule has 0 fully saturated rings. The molecule has 0 N–H and O–H groups in total. The molecule has 0 aliphatic rings. The Hall–Kier alpha value is -1.25. The van der Waals surface area contributed by atoms with Gasteiger partial charge in [0.1, 0.15) is 11.6 Å². The Kier molecular flexibility index (Phi) is 1.98. The lowest BCUT2D eigenvalue weighted by atomic mass is 10.1. The molecule has 0 unspecified atom stereocenters. The van der Waals surface area contributed by atoms with E-state index >= 15 is 0 Å². The largest absolute Gasteiger partial charge is 0.285 e. The number of halogens is 2. The molecular formula is C8H5F2O. The van der Waals surface area contributed by atoms with Crippen LogP contribution >= 0.6 is 0 Å². The quantitative estimate of drug-likeness (QED) is 0.603. The van der Waals surface area contributed by atoms with E-state index in [2.05, 4.69) is 0 Å². The topological polar surface area (TPSA) is 17.1 Å². The maximum atomic E-state index is 12.8. The van der Waals surface area contributed by atoms with Gasteiger partial charge in [0.15, 0.2) is 0 Å². The summed E-state index contributed by atoms with van der Waals surface area (Å²) in [5, 5.41) is 0. The molecule has 1 aromatic carbocycles. The second-order valence-electron chi connectivity index (χ2n) is 2.16. The van der Waals surface area contributed by atoms with Gasteiger partial charge in [-0.1, -0.05) is 6.07 Å². The van der Waals surface area contributed by atoms with E-state index in [0.29, 0.717) is 0 Å². The Morgan fingerprint density at radius 3 is 2.45 bits per heavy atom. The van der Waals surface area contributed by atoms with Crippen LogP contribution in [-0.2, 0) is 4.79 Å². The highest BCUT2D eigenvalue weighted by atomic mass is 19.1. The van der Waals surface area contributed by atoms with Gasteiger partial charge in [-0.05, 0) is 18.6 Å². The Bertz CT molecular complexity index is 294. The van der Waals surface area contributed by atoms with Crippen LogP contribution in [0.1, 0.15) is 11.1 Å². The first kappa shape index (κ1) is 7.85. The van der Waals surface area contributed by atoms with Gasteiger partial charge >= 0.3 is 0 Å². The molecule has 1 aromatic rings. The van der Waals surface area contributed by atoms with Gasteiger partial charge in [0, 0.05) is 0 Å². The summed E-state index contributed by atoms with van der Waals surface area (Å²) >= 11 is 0. The third kappa shape index (κ3) is 1.27. The van der Waals surface area contributed by atoms with Gasteiger partial charge in [-0.2, -0.15) is 0 Å². The zero-order chi connectivity index (χ0) is 8.43. The second kappa shape index (κ2) is 2.78. The van der Waals surface area contributed by atoms with Crippen molar-refractivity contribution in [3.8, 4) is 0 Å². The van der Waals surface area contributed by atoms with Crippen molar-refractivity contribution in [2.24, 2.45) is 0 Å². The fourth-order valence-corrected chi connectivity index (χ4v) is 0.750. The summed E-state index contributed by atoms with van der Waals surface area (Å²) in [6.45, 7) is 1.45. The lowest BCUT2D eigenvalue weighted by Crippen LogP contribution is -1.95. The Labute approximate surface area is 62.7 Å². The van der Waals surface area contributed by atoms with E-state index in [-0.39, 0.29) is 5.56 Å². The van der Waals surface area contributed by atoms with Crippen LogP contribution in [0.5, 0.6) is 0 Å². The molecule has 0 spiro atoms. The predicted molar refractivity (Wildman–Crippen MR) is 35.9 cm³/mol. The smallest absolute Gasteiger partial charge is 0.239 e. The second-order valence-corrected chi connectivity index (χ2v) is 2.16. The van der Waals surface area contributed by atoms with E-state index in [1.165, 1.54) is 19.3 Å². The summed E-state index contributed by atoms with van der Waals surface area (Å²) in [5.41, 5.74) is -0.380. The van der Waals surface area contributed by atoms with Crippen LogP contribution < -0.4 is 0 Å². The molecular weight excluding hydrogens is 150 g/mol. The summed E-state index contributed by atoms with van der Waals surface area (Å²) in [6, 6.07) is 2.31. The highest BCUT2D eigenvalue weighted by molar-refractivity contribution is 5.76. The van der Waals surface area contributed by atoms with Crippen LogP contribution in [0.25, 0.3) is 0 Å². The SMILES string of the molecule is Cc1ccc(F)c([C]=O)c1F. The fourth-order valence-electron chi connectivity index (χ4n) is 0.750. The van der Waals surface area contributed by atoms with E-state index in [9.17, 15) is 13.6 Å². The molecule has 1 radical (unpaired) electrons. The van der Waals surface area contributed by atoms with Crippen molar-refractivity contribution in [2.75, 3.05) is 0 Å². The average Bonchev–Trinajstić information content (AvgIpc) is 1.99. The third-order valence-corrected chi connectivity index (χ3v) is 1.39. The molecule has 0 saturated carbocycles.